The molecule has 2 aromatic carbocycles. The number of nitrogens with one attached hydrogen (secondary N) is 1. The standard InChI is InChI=1S/C21H16N4O2S/c1-14-13-18(26)19(24-25(14)17-5-3-2-4-6-17)20(27)23-16-9-7-15(8-10-16)21-22-11-12-28-21/h2-13H,1H3,(H,23,27). The van der Waals surface area contributed by atoms with Gasteiger partial charge in [-0.3, -0.25) is 9.59 Å². The first-order valence-electron chi connectivity index (χ1n) is 8.59. The summed E-state index contributed by atoms with van der Waals surface area (Å²) in [6, 6.07) is 18.1. The van der Waals surface area contributed by atoms with Crippen LogP contribution < -0.4 is 10.7 Å². The second-order valence-electron chi connectivity index (χ2n) is 6.11. The number of hydrogen-bond acceptors (Lipinski definition) is 5. The number of amides is 1. The molecule has 4 rings (SSSR count). The van der Waals surface area contributed by atoms with Crippen molar-refractivity contribution in [3.8, 4) is 16.3 Å². The second-order valence-corrected chi connectivity index (χ2v) is 7.01. The van der Waals surface area contributed by atoms with Crippen LogP contribution in [0.2, 0.25) is 0 Å². The molecule has 0 spiro atoms. The molecule has 2 heterocycles. The maximum absolute atomic E-state index is 12.6. The largest absolute Gasteiger partial charge is 0.320 e. The molecule has 138 valence electrons. The number of anilines is 1. The summed E-state index contributed by atoms with van der Waals surface area (Å²) in [5.74, 6) is -0.545. The van der Waals surface area contributed by atoms with Gasteiger partial charge in [-0.1, -0.05) is 18.2 Å². The molecule has 0 unspecified atom stereocenters. The number of thiazole rings is 1. The molecule has 4 aromatic rings. The van der Waals surface area contributed by atoms with E-state index in [1.165, 1.54) is 6.07 Å². The summed E-state index contributed by atoms with van der Waals surface area (Å²) in [6.45, 7) is 1.78. The lowest BCUT2D eigenvalue weighted by atomic mass is 10.2. The maximum atomic E-state index is 12.6. The third-order valence-corrected chi connectivity index (χ3v) is 4.97. The highest BCUT2D eigenvalue weighted by molar-refractivity contribution is 7.13. The average molecular weight is 388 g/mol. The van der Waals surface area contributed by atoms with E-state index in [4.69, 9.17) is 0 Å². The highest BCUT2D eigenvalue weighted by Crippen LogP contribution is 2.23. The molecule has 1 amide bonds. The molecule has 0 saturated carbocycles. The van der Waals surface area contributed by atoms with E-state index in [0.717, 1.165) is 16.3 Å². The van der Waals surface area contributed by atoms with Gasteiger partial charge < -0.3 is 5.32 Å². The van der Waals surface area contributed by atoms with Crippen LogP contribution in [0.3, 0.4) is 0 Å². The van der Waals surface area contributed by atoms with Crippen molar-refractivity contribution in [3.63, 3.8) is 0 Å². The van der Waals surface area contributed by atoms with Gasteiger partial charge in [0, 0.05) is 34.6 Å². The SMILES string of the molecule is Cc1cc(=O)c(C(=O)Nc2ccc(-c3nccs3)cc2)nn1-c1ccccc1. The fraction of sp³-hybridized carbons (Fsp3) is 0.0476. The molecule has 0 saturated heterocycles. The van der Waals surface area contributed by atoms with Gasteiger partial charge >= 0.3 is 0 Å². The average Bonchev–Trinajstić information content (AvgIpc) is 3.24. The van der Waals surface area contributed by atoms with Gasteiger partial charge in [-0.2, -0.15) is 5.10 Å². The Morgan fingerprint density at radius 2 is 1.82 bits per heavy atom. The topological polar surface area (TPSA) is 76.9 Å². The van der Waals surface area contributed by atoms with E-state index >= 15 is 0 Å². The lowest BCUT2D eigenvalue weighted by Crippen LogP contribution is -2.26. The van der Waals surface area contributed by atoms with Crippen LogP contribution in [0.15, 0.2) is 77.0 Å². The number of aryl methyl sites for hydroxylation is 1. The number of aromatic nitrogens is 3. The fourth-order valence-corrected chi connectivity index (χ4v) is 3.43. The number of rotatable bonds is 4. The monoisotopic (exact) mass is 388 g/mol. The summed E-state index contributed by atoms with van der Waals surface area (Å²) in [5, 5.41) is 9.83. The normalized spacial score (nSPS) is 10.6. The van der Waals surface area contributed by atoms with Gasteiger partial charge in [0.15, 0.2) is 5.69 Å². The summed E-state index contributed by atoms with van der Waals surface area (Å²) in [6.07, 6.45) is 1.75. The van der Waals surface area contributed by atoms with Crippen LogP contribution in [-0.2, 0) is 0 Å². The fourth-order valence-electron chi connectivity index (χ4n) is 2.79. The Balaban J connectivity index is 1.60. The van der Waals surface area contributed by atoms with Crippen molar-refractivity contribution in [2.24, 2.45) is 0 Å². The number of carbonyl (C=O) groups excluding carboxylic acids is 1. The lowest BCUT2D eigenvalue weighted by molar-refractivity contribution is 0.101. The minimum absolute atomic E-state index is 0.154. The molecule has 0 radical (unpaired) electrons. The number of para-hydroxylation sites is 1. The Labute approximate surface area is 165 Å². The quantitative estimate of drug-likeness (QED) is 0.575. The molecular weight excluding hydrogens is 372 g/mol. The minimum Gasteiger partial charge on any atom is -0.320 e. The van der Waals surface area contributed by atoms with Gasteiger partial charge in [0.25, 0.3) is 5.91 Å². The van der Waals surface area contributed by atoms with Crippen LogP contribution in [-0.4, -0.2) is 20.7 Å². The smallest absolute Gasteiger partial charge is 0.280 e. The first kappa shape index (κ1) is 17.8. The van der Waals surface area contributed by atoms with Gasteiger partial charge in [-0.25, -0.2) is 9.67 Å². The summed E-state index contributed by atoms with van der Waals surface area (Å²) in [4.78, 5) is 29.2. The molecule has 0 fully saturated rings. The van der Waals surface area contributed by atoms with Crippen LogP contribution in [0, 0.1) is 6.92 Å². The Kier molecular flexibility index (Phi) is 4.82. The molecule has 2 aromatic heterocycles. The van der Waals surface area contributed by atoms with Crippen LogP contribution in [0.4, 0.5) is 5.69 Å². The molecule has 28 heavy (non-hydrogen) atoms. The molecule has 0 aliphatic heterocycles. The first-order valence-corrected chi connectivity index (χ1v) is 9.47. The maximum Gasteiger partial charge on any atom is 0.280 e. The van der Waals surface area contributed by atoms with Crippen molar-refractivity contribution in [2.75, 3.05) is 5.32 Å². The highest BCUT2D eigenvalue weighted by Gasteiger charge is 2.15. The number of carbonyl (C=O) groups is 1. The molecule has 6 nitrogen and oxygen atoms in total. The van der Waals surface area contributed by atoms with Gasteiger partial charge in [0.1, 0.15) is 5.01 Å². The van der Waals surface area contributed by atoms with Crippen molar-refractivity contribution < 1.29 is 4.79 Å². The zero-order valence-electron chi connectivity index (χ0n) is 15.0. The molecular formula is C21H16N4O2S. The molecule has 1 N–H and O–H groups in total. The van der Waals surface area contributed by atoms with E-state index in [1.807, 2.05) is 47.8 Å². The summed E-state index contributed by atoms with van der Waals surface area (Å²) in [5.41, 5.74) is 2.41. The summed E-state index contributed by atoms with van der Waals surface area (Å²) < 4.78 is 1.59. The van der Waals surface area contributed by atoms with Gasteiger partial charge in [0.2, 0.25) is 5.43 Å². The predicted molar refractivity (Wildman–Crippen MR) is 110 cm³/mol. The van der Waals surface area contributed by atoms with E-state index in [2.05, 4.69) is 15.4 Å². The van der Waals surface area contributed by atoms with Crippen molar-refractivity contribution in [1.82, 2.24) is 14.8 Å². The highest BCUT2D eigenvalue weighted by atomic mass is 32.1. The Hall–Kier alpha value is -3.58. The zero-order valence-corrected chi connectivity index (χ0v) is 15.8. The van der Waals surface area contributed by atoms with Crippen molar-refractivity contribution in [1.29, 1.82) is 0 Å². The summed E-state index contributed by atoms with van der Waals surface area (Å²) >= 11 is 1.54. The van der Waals surface area contributed by atoms with Gasteiger partial charge in [-0.15, -0.1) is 11.3 Å². The molecule has 0 atom stereocenters. The van der Waals surface area contributed by atoms with E-state index in [-0.39, 0.29) is 5.69 Å². The van der Waals surface area contributed by atoms with Crippen LogP contribution in [0.1, 0.15) is 16.2 Å². The van der Waals surface area contributed by atoms with Crippen molar-refractivity contribution in [2.45, 2.75) is 6.92 Å². The number of nitrogens with zero attached hydrogens (tertiary/aromatic N) is 3. The number of benzene rings is 2. The first-order chi connectivity index (χ1) is 13.6. The van der Waals surface area contributed by atoms with Crippen molar-refractivity contribution in [3.05, 3.63) is 93.9 Å². The van der Waals surface area contributed by atoms with Gasteiger partial charge in [0.05, 0.1) is 5.69 Å². The third-order valence-electron chi connectivity index (χ3n) is 4.15. The van der Waals surface area contributed by atoms with Crippen LogP contribution >= 0.6 is 11.3 Å². The molecule has 0 aliphatic rings. The molecule has 7 heteroatoms. The molecule has 0 bridgehead atoms. The van der Waals surface area contributed by atoms with E-state index < -0.39 is 11.3 Å². The zero-order chi connectivity index (χ0) is 19.5. The Morgan fingerprint density at radius 1 is 1.07 bits per heavy atom. The Morgan fingerprint density at radius 3 is 2.50 bits per heavy atom. The van der Waals surface area contributed by atoms with E-state index in [0.29, 0.717) is 11.4 Å². The van der Waals surface area contributed by atoms with Crippen LogP contribution in [0.5, 0.6) is 0 Å². The van der Waals surface area contributed by atoms with E-state index in [9.17, 15) is 9.59 Å². The third kappa shape index (κ3) is 3.60. The second kappa shape index (κ2) is 7.58. The van der Waals surface area contributed by atoms with Gasteiger partial charge in [-0.05, 0) is 43.3 Å². The van der Waals surface area contributed by atoms with E-state index in [1.54, 1.807) is 41.3 Å². The van der Waals surface area contributed by atoms with Crippen molar-refractivity contribution >= 4 is 22.9 Å². The summed E-state index contributed by atoms with van der Waals surface area (Å²) in [7, 11) is 0. The predicted octanol–water partition coefficient (Wildman–Crippen LogP) is 3.92. The Bertz CT molecular complexity index is 1170. The van der Waals surface area contributed by atoms with Crippen LogP contribution in [0.25, 0.3) is 16.3 Å². The number of hydrogen-bond donors (Lipinski definition) is 1. The molecule has 0 aliphatic carbocycles. The lowest BCUT2D eigenvalue weighted by Gasteiger charge is -2.11. The minimum atomic E-state index is -0.545.